The van der Waals surface area contributed by atoms with Gasteiger partial charge in [-0.25, -0.2) is 0 Å². The van der Waals surface area contributed by atoms with Crippen LogP contribution < -0.4 is 16.0 Å². The summed E-state index contributed by atoms with van der Waals surface area (Å²) in [5, 5.41) is 9.08. The Morgan fingerprint density at radius 2 is 1.60 bits per heavy atom. The Kier molecular flexibility index (Phi) is 8.58. The van der Waals surface area contributed by atoms with E-state index in [4.69, 9.17) is 0 Å². The van der Waals surface area contributed by atoms with Crippen molar-refractivity contribution in [3.63, 3.8) is 0 Å². The molecule has 2 amide bonds. The number of rotatable bonds is 9. The van der Waals surface area contributed by atoms with Gasteiger partial charge in [-0.1, -0.05) is 17.7 Å². The smallest absolute Gasteiger partial charge is 0.238 e. The number of nitrogens with one attached hydrogen (secondary N) is 3. The van der Waals surface area contributed by atoms with Crippen molar-refractivity contribution in [1.29, 1.82) is 0 Å². The first-order chi connectivity index (χ1) is 11.7. The van der Waals surface area contributed by atoms with Crippen LogP contribution in [-0.4, -0.2) is 55.5 Å². The third-order valence-electron chi connectivity index (χ3n) is 3.49. The van der Waals surface area contributed by atoms with Crippen LogP contribution in [0.4, 0.5) is 5.69 Å². The molecule has 0 atom stereocenters. The van der Waals surface area contributed by atoms with Crippen molar-refractivity contribution in [2.75, 3.05) is 38.5 Å². The Morgan fingerprint density at radius 1 is 1.00 bits per heavy atom. The minimum Gasteiger partial charge on any atom is -0.355 e. The molecule has 1 aromatic rings. The molecule has 6 heteroatoms. The van der Waals surface area contributed by atoms with Crippen LogP contribution in [0.2, 0.25) is 0 Å². The van der Waals surface area contributed by atoms with Gasteiger partial charge in [0, 0.05) is 17.8 Å². The van der Waals surface area contributed by atoms with Crippen LogP contribution in [0, 0.1) is 6.92 Å². The van der Waals surface area contributed by atoms with Crippen LogP contribution in [0.15, 0.2) is 24.3 Å². The molecular formula is C19H32N4O2. The lowest BCUT2D eigenvalue weighted by atomic mass is 10.1. The number of hydrogen-bond acceptors (Lipinski definition) is 4. The van der Waals surface area contributed by atoms with E-state index >= 15 is 0 Å². The lowest BCUT2D eigenvalue weighted by molar-refractivity contribution is -0.122. The van der Waals surface area contributed by atoms with Gasteiger partial charge in [-0.05, 0) is 59.8 Å². The van der Waals surface area contributed by atoms with E-state index < -0.39 is 0 Å². The zero-order valence-corrected chi connectivity index (χ0v) is 16.1. The fraction of sp³-hybridized carbons (Fsp3) is 0.579. The molecule has 0 aromatic heterocycles. The molecule has 0 aliphatic carbocycles. The molecule has 0 spiro atoms. The van der Waals surface area contributed by atoms with Gasteiger partial charge in [0.1, 0.15) is 0 Å². The van der Waals surface area contributed by atoms with Gasteiger partial charge < -0.3 is 16.0 Å². The van der Waals surface area contributed by atoms with Crippen molar-refractivity contribution in [2.24, 2.45) is 0 Å². The van der Waals surface area contributed by atoms with Gasteiger partial charge in [0.05, 0.1) is 13.1 Å². The summed E-state index contributed by atoms with van der Waals surface area (Å²) in [6.45, 7) is 10.2. The zero-order valence-electron chi connectivity index (χ0n) is 16.1. The third-order valence-corrected chi connectivity index (χ3v) is 3.49. The van der Waals surface area contributed by atoms with E-state index in [-0.39, 0.29) is 30.4 Å². The van der Waals surface area contributed by atoms with Crippen molar-refractivity contribution < 1.29 is 9.59 Å². The Labute approximate surface area is 151 Å². The molecule has 0 heterocycles. The van der Waals surface area contributed by atoms with Gasteiger partial charge in [0.15, 0.2) is 0 Å². The molecular weight excluding hydrogens is 316 g/mol. The summed E-state index contributed by atoms with van der Waals surface area (Å²) >= 11 is 0. The molecule has 140 valence electrons. The van der Waals surface area contributed by atoms with Crippen LogP contribution in [0.5, 0.6) is 0 Å². The second-order valence-electron chi connectivity index (χ2n) is 7.47. The Balaban J connectivity index is 2.19. The number of anilines is 1. The first kappa shape index (κ1) is 21.1. The van der Waals surface area contributed by atoms with E-state index in [9.17, 15) is 9.59 Å². The molecule has 0 radical (unpaired) electrons. The highest BCUT2D eigenvalue weighted by Crippen LogP contribution is 2.08. The third kappa shape index (κ3) is 10.5. The predicted octanol–water partition coefficient (Wildman–Crippen LogP) is 1.76. The van der Waals surface area contributed by atoms with Gasteiger partial charge in [-0.15, -0.1) is 0 Å². The highest BCUT2D eigenvalue weighted by atomic mass is 16.2. The second-order valence-corrected chi connectivity index (χ2v) is 7.47. The number of likely N-dealkylation sites (N-methyl/N-ethyl adjacent to an activating group) is 1. The fourth-order valence-corrected chi connectivity index (χ4v) is 2.22. The van der Waals surface area contributed by atoms with E-state index in [2.05, 4.69) is 36.7 Å². The number of hydrogen-bond donors (Lipinski definition) is 3. The predicted molar refractivity (Wildman–Crippen MR) is 103 cm³/mol. The summed E-state index contributed by atoms with van der Waals surface area (Å²) in [6, 6.07) is 7.62. The first-order valence-electron chi connectivity index (χ1n) is 8.72. The number of benzene rings is 1. The molecule has 25 heavy (non-hydrogen) atoms. The SMILES string of the molecule is Cc1ccc(NC(=O)CN(C)CC(=O)NCCCNC(C)(C)C)cc1. The highest BCUT2D eigenvalue weighted by Gasteiger charge is 2.11. The van der Waals surface area contributed by atoms with Crippen molar-refractivity contribution >= 4 is 17.5 Å². The quantitative estimate of drug-likeness (QED) is 0.595. The maximum Gasteiger partial charge on any atom is 0.238 e. The standard InChI is InChI=1S/C19H32N4O2/c1-15-7-9-16(10-8-15)22-18(25)14-23(5)13-17(24)20-11-6-12-21-19(2,3)4/h7-10,21H,6,11-14H2,1-5H3,(H,20,24)(H,22,25). The highest BCUT2D eigenvalue weighted by molar-refractivity contribution is 5.92. The summed E-state index contributed by atoms with van der Waals surface area (Å²) in [4.78, 5) is 25.6. The number of amides is 2. The molecule has 0 saturated carbocycles. The molecule has 0 bridgehead atoms. The molecule has 3 N–H and O–H groups in total. The van der Waals surface area contributed by atoms with E-state index in [1.54, 1.807) is 11.9 Å². The average Bonchev–Trinajstić information content (AvgIpc) is 2.47. The summed E-state index contributed by atoms with van der Waals surface area (Å²) in [5.74, 6) is -0.199. The van der Waals surface area contributed by atoms with Crippen LogP contribution in [0.1, 0.15) is 32.8 Å². The summed E-state index contributed by atoms with van der Waals surface area (Å²) in [6.07, 6.45) is 0.876. The van der Waals surface area contributed by atoms with E-state index in [0.29, 0.717) is 6.54 Å². The molecule has 1 aromatic carbocycles. The fourth-order valence-electron chi connectivity index (χ4n) is 2.22. The van der Waals surface area contributed by atoms with Gasteiger partial charge in [0.25, 0.3) is 0 Å². The molecule has 0 aliphatic rings. The minimum absolute atomic E-state index is 0.0682. The van der Waals surface area contributed by atoms with Crippen molar-refractivity contribution in [3.05, 3.63) is 29.8 Å². The lowest BCUT2D eigenvalue weighted by Crippen LogP contribution is -2.40. The number of carbonyl (C=O) groups is 2. The van der Waals surface area contributed by atoms with Crippen molar-refractivity contribution in [1.82, 2.24) is 15.5 Å². The lowest BCUT2D eigenvalue weighted by Gasteiger charge is -2.20. The second kappa shape index (κ2) is 10.2. The monoisotopic (exact) mass is 348 g/mol. The van der Waals surface area contributed by atoms with Crippen LogP contribution in [-0.2, 0) is 9.59 Å². The summed E-state index contributed by atoms with van der Waals surface area (Å²) in [5.41, 5.74) is 2.00. The maximum atomic E-state index is 12.0. The number of carbonyl (C=O) groups excluding carboxylic acids is 2. The molecule has 1 rings (SSSR count). The van der Waals surface area contributed by atoms with Crippen LogP contribution in [0.3, 0.4) is 0 Å². The topological polar surface area (TPSA) is 73.5 Å². The molecule has 0 unspecified atom stereocenters. The maximum absolute atomic E-state index is 12.0. The summed E-state index contributed by atoms with van der Waals surface area (Å²) < 4.78 is 0. The average molecular weight is 348 g/mol. The Bertz CT molecular complexity index is 550. The van der Waals surface area contributed by atoms with E-state index in [0.717, 1.165) is 24.2 Å². The minimum atomic E-state index is -0.131. The van der Waals surface area contributed by atoms with E-state index in [1.807, 2.05) is 31.2 Å². The van der Waals surface area contributed by atoms with Crippen molar-refractivity contribution in [3.8, 4) is 0 Å². The Hall–Kier alpha value is -1.92. The van der Waals surface area contributed by atoms with Gasteiger partial charge in [-0.2, -0.15) is 0 Å². The Morgan fingerprint density at radius 3 is 2.20 bits per heavy atom. The molecule has 0 aliphatic heterocycles. The van der Waals surface area contributed by atoms with E-state index in [1.165, 1.54) is 0 Å². The molecule has 6 nitrogen and oxygen atoms in total. The van der Waals surface area contributed by atoms with Crippen LogP contribution in [0.25, 0.3) is 0 Å². The number of aryl methyl sites for hydroxylation is 1. The van der Waals surface area contributed by atoms with Gasteiger partial charge in [-0.3, -0.25) is 14.5 Å². The van der Waals surface area contributed by atoms with Crippen LogP contribution >= 0.6 is 0 Å². The zero-order chi connectivity index (χ0) is 18.9. The van der Waals surface area contributed by atoms with Crippen molar-refractivity contribution in [2.45, 2.75) is 39.7 Å². The molecule has 0 fully saturated rings. The first-order valence-corrected chi connectivity index (χ1v) is 8.72. The van der Waals surface area contributed by atoms with Gasteiger partial charge in [0.2, 0.25) is 11.8 Å². The van der Waals surface area contributed by atoms with Gasteiger partial charge >= 0.3 is 0 Å². The number of nitrogens with zero attached hydrogens (tertiary/aromatic N) is 1. The normalized spacial score (nSPS) is 11.4. The summed E-state index contributed by atoms with van der Waals surface area (Å²) in [7, 11) is 1.76. The molecule has 0 saturated heterocycles. The largest absolute Gasteiger partial charge is 0.355 e.